The molecule has 0 aliphatic carbocycles. The molecule has 1 aromatic carbocycles. The van der Waals surface area contributed by atoms with E-state index in [1.807, 2.05) is 30.3 Å². The normalized spacial score (nSPS) is 15.3. The molecule has 0 spiro atoms. The fraction of sp³-hybridized carbons (Fsp3) is 0.400. The van der Waals surface area contributed by atoms with Crippen molar-refractivity contribution in [3.8, 4) is 0 Å². The number of esters is 1. The number of nitrogens with zero attached hydrogens (tertiary/aromatic N) is 2. The van der Waals surface area contributed by atoms with Crippen LogP contribution in [0.1, 0.15) is 12.5 Å². The van der Waals surface area contributed by atoms with E-state index in [0.717, 1.165) is 5.56 Å². The zero-order valence-electron chi connectivity index (χ0n) is 11.9. The zero-order chi connectivity index (χ0) is 15.2. The van der Waals surface area contributed by atoms with Gasteiger partial charge in [0.25, 0.3) is 0 Å². The molecule has 0 saturated carbocycles. The summed E-state index contributed by atoms with van der Waals surface area (Å²) in [5.41, 5.74) is 0.970. The molecule has 21 heavy (non-hydrogen) atoms. The minimum atomic E-state index is -0.648. The molecule has 1 aliphatic heterocycles. The van der Waals surface area contributed by atoms with Crippen LogP contribution in [-0.2, 0) is 25.7 Å². The first-order valence-electron chi connectivity index (χ1n) is 6.89. The first-order valence-corrected chi connectivity index (χ1v) is 6.89. The highest BCUT2D eigenvalue weighted by Gasteiger charge is 2.33. The summed E-state index contributed by atoms with van der Waals surface area (Å²) in [6.07, 6.45) is 0. The van der Waals surface area contributed by atoms with Crippen molar-refractivity contribution in [1.82, 2.24) is 9.80 Å². The summed E-state index contributed by atoms with van der Waals surface area (Å²) in [5.74, 6) is -1.71. The predicted molar refractivity (Wildman–Crippen MR) is 75.1 cm³/mol. The number of carbonyl (C=O) groups is 3. The lowest BCUT2D eigenvalue weighted by molar-refractivity contribution is -0.160. The van der Waals surface area contributed by atoms with Crippen molar-refractivity contribution < 1.29 is 19.1 Å². The minimum absolute atomic E-state index is 0.169. The third-order valence-corrected chi connectivity index (χ3v) is 3.24. The highest BCUT2D eigenvalue weighted by atomic mass is 16.5. The van der Waals surface area contributed by atoms with Gasteiger partial charge >= 0.3 is 17.8 Å². The van der Waals surface area contributed by atoms with Crippen LogP contribution in [0.25, 0.3) is 0 Å². The Hall–Kier alpha value is -2.37. The van der Waals surface area contributed by atoms with Gasteiger partial charge in [0.2, 0.25) is 0 Å². The van der Waals surface area contributed by atoms with Gasteiger partial charge in [0.05, 0.1) is 6.61 Å². The Bertz CT molecular complexity index is 530. The van der Waals surface area contributed by atoms with E-state index in [1.54, 1.807) is 6.92 Å². The monoisotopic (exact) mass is 290 g/mol. The Morgan fingerprint density at radius 1 is 1.10 bits per heavy atom. The van der Waals surface area contributed by atoms with Gasteiger partial charge in [-0.25, -0.2) is 0 Å². The summed E-state index contributed by atoms with van der Waals surface area (Å²) in [5, 5.41) is 0. The first-order chi connectivity index (χ1) is 10.1. The second-order valence-electron chi connectivity index (χ2n) is 4.74. The summed E-state index contributed by atoms with van der Waals surface area (Å²) < 4.78 is 4.79. The molecule has 6 nitrogen and oxygen atoms in total. The largest absolute Gasteiger partial charge is 0.465 e. The van der Waals surface area contributed by atoms with Gasteiger partial charge in [0.15, 0.2) is 0 Å². The van der Waals surface area contributed by atoms with Gasteiger partial charge in [-0.05, 0) is 12.5 Å². The number of benzene rings is 1. The molecule has 0 atom stereocenters. The van der Waals surface area contributed by atoms with E-state index in [2.05, 4.69) is 0 Å². The summed E-state index contributed by atoms with van der Waals surface area (Å²) in [4.78, 5) is 38.2. The number of piperazine rings is 1. The molecule has 2 rings (SSSR count). The van der Waals surface area contributed by atoms with Crippen LogP contribution in [0.5, 0.6) is 0 Å². The van der Waals surface area contributed by atoms with Gasteiger partial charge < -0.3 is 14.5 Å². The number of hydrogen-bond acceptors (Lipinski definition) is 4. The zero-order valence-corrected chi connectivity index (χ0v) is 11.9. The lowest BCUT2D eigenvalue weighted by Crippen LogP contribution is -2.55. The molecule has 0 bridgehead atoms. The van der Waals surface area contributed by atoms with Gasteiger partial charge in [0.1, 0.15) is 6.54 Å². The van der Waals surface area contributed by atoms with Gasteiger partial charge in [-0.2, -0.15) is 0 Å². The third-order valence-electron chi connectivity index (χ3n) is 3.24. The average Bonchev–Trinajstić information content (AvgIpc) is 2.48. The van der Waals surface area contributed by atoms with Crippen LogP contribution in [0.4, 0.5) is 0 Å². The molecule has 1 fully saturated rings. The number of hydrogen-bond donors (Lipinski definition) is 0. The van der Waals surface area contributed by atoms with Crippen LogP contribution < -0.4 is 0 Å². The number of rotatable bonds is 5. The molecule has 1 heterocycles. The smallest absolute Gasteiger partial charge is 0.325 e. The fourth-order valence-corrected chi connectivity index (χ4v) is 2.18. The molecule has 0 unspecified atom stereocenters. The second kappa shape index (κ2) is 6.88. The summed E-state index contributed by atoms with van der Waals surface area (Å²) in [6.45, 7) is 2.95. The number of carbonyl (C=O) groups excluding carboxylic acids is 3. The Kier molecular flexibility index (Phi) is 4.92. The highest BCUT2D eigenvalue weighted by molar-refractivity contribution is 6.35. The van der Waals surface area contributed by atoms with Gasteiger partial charge in [-0.3, -0.25) is 14.4 Å². The molecule has 1 saturated heterocycles. The minimum Gasteiger partial charge on any atom is -0.465 e. The molecule has 2 amide bonds. The van der Waals surface area contributed by atoms with E-state index in [-0.39, 0.29) is 13.2 Å². The maximum Gasteiger partial charge on any atom is 0.325 e. The topological polar surface area (TPSA) is 66.9 Å². The van der Waals surface area contributed by atoms with Crippen LogP contribution in [-0.4, -0.2) is 53.8 Å². The summed E-state index contributed by atoms with van der Waals surface area (Å²) >= 11 is 0. The maximum absolute atomic E-state index is 12.1. The van der Waals surface area contributed by atoms with Crippen molar-refractivity contribution >= 4 is 17.8 Å². The van der Waals surface area contributed by atoms with Crippen LogP contribution in [0.3, 0.4) is 0 Å². The summed E-state index contributed by atoms with van der Waals surface area (Å²) in [6, 6.07) is 9.48. The molecule has 0 radical (unpaired) electrons. The van der Waals surface area contributed by atoms with Gasteiger partial charge in [-0.1, -0.05) is 30.3 Å². The van der Waals surface area contributed by atoms with E-state index in [1.165, 1.54) is 9.80 Å². The van der Waals surface area contributed by atoms with Crippen molar-refractivity contribution in [3.05, 3.63) is 35.9 Å². The lowest BCUT2D eigenvalue weighted by atomic mass is 10.2. The van der Waals surface area contributed by atoms with Crippen molar-refractivity contribution in [1.29, 1.82) is 0 Å². The Balaban J connectivity index is 1.95. The Morgan fingerprint density at radius 3 is 2.38 bits per heavy atom. The summed E-state index contributed by atoms with van der Waals surface area (Å²) in [7, 11) is 0. The van der Waals surface area contributed by atoms with Crippen molar-refractivity contribution in [2.24, 2.45) is 0 Å². The van der Waals surface area contributed by atoms with Crippen molar-refractivity contribution in [2.75, 3.05) is 26.2 Å². The van der Waals surface area contributed by atoms with Gasteiger partial charge in [0, 0.05) is 19.6 Å². The Morgan fingerprint density at radius 2 is 1.71 bits per heavy atom. The van der Waals surface area contributed by atoms with E-state index >= 15 is 0 Å². The molecule has 1 aliphatic rings. The predicted octanol–water partition coefficient (Wildman–Crippen LogP) is 0.420. The molecule has 1 aromatic rings. The maximum atomic E-state index is 12.1. The molecule has 6 heteroatoms. The Labute approximate surface area is 123 Å². The molecule has 0 aromatic heterocycles. The highest BCUT2D eigenvalue weighted by Crippen LogP contribution is 2.10. The third kappa shape index (κ3) is 3.81. The molecular weight excluding hydrogens is 272 g/mol. The average molecular weight is 290 g/mol. The van der Waals surface area contributed by atoms with Gasteiger partial charge in [-0.15, -0.1) is 0 Å². The van der Waals surface area contributed by atoms with Crippen molar-refractivity contribution in [3.63, 3.8) is 0 Å². The standard InChI is InChI=1S/C15H18N2O4/c1-2-21-13(18)11-17-9-8-16(14(19)15(17)20)10-12-6-4-3-5-7-12/h3-7H,2,8-11H2,1H3. The molecular formula is C15H18N2O4. The van der Waals surface area contributed by atoms with Crippen LogP contribution in [0, 0.1) is 0 Å². The van der Waals surface area contributed by atoms with Crippen LogP contribution in [0.15, 0.2) is 30.3 Å². The van der Waals surface area contributed by atoms with E-state index in [0.29, 0.717) is 19.6 Å². The van der Waals surface area contributed by atoms with Crippen LogP contribution in [0.2, 0.25) is 0 Å². The lowest BCUT2D eigenvalue weighted by Gasteiger charge is -2.33. The number of amides is 2. The van der Waals surface area contributed by atoms with Crippen LogP contribution >= 0.6 is 0 Å². The first kappa shape index (κ1) is 15.0. The van der Waals surface area contributed by atoms with E-state index in [9.17, 15) is 14.4 Å². The molecule has 112 valence electrons. The fourth-order valence-electron chi connectivity index (χ4n) is 2.18. The second-order valence-corrected chi connectivity index (χ2v) is 4.74. The van der Waals surface area contributed by atoms with Crippen molar-refractivity contribution in [2.45, 2.75) is 13.5 Å². The van der Waals surface area contributed by atoms with E-state index < -0.39 is 17.8 Å². The SMILES string of the molecule is CCOC(=O)CN1CCN(Cc2ccccc2)C(=O)C1=O. The molecule has 0 N–H and O–H groups in total. The quantitative estimate of drug-likeness (QED) is 0.582. The number of ether oxygens (including phenoxy) is 1. The van der Waals surface area contributed by atoms with E-state index in [4.69, 9.17) is 4.74 Å².